The number of nitrogens with zero attached hydrogens (tertiary/aromatic N) is 5. The zero-order valence-electron chi connectivity index (χ0n) is 22.2. The Labute approximate surface area is 218 Å². The molecule has 1 aromatic carbocycles. The molecular formula is C29H40N6O2. The molecule has 3 fully saturated rings. The number of aliphatic hydroxyl groups excluding tert-OH is 1. The van der Waals surface area contributed by atoms with Crippen molar-refractivity contribution in [2.24, 2.45) is 5.41 Å². The van der Waals surface area contributed by atoms with Crippen molar-refractivity contribution < 1.29 is 5.11 Å². The third kappa shape index (κ3) is 4.99. The summed E-state index contributed by atoms with van der Waals surface area (Å²) >= 11 is 0. The number of piperazine rings is 1. The molecule has 37 heavy (non-hydrogen) atoms. The second-order valence-electron chi connectivity index (χ2n) is 11.7. The molecule has 2 saturated carbocycles. The van der Waals surface area contributed by atoms with E-state index in [0.29, 0.717) is 17.0 Å². The Morgan fingerprint density at radius 2 is 1.81 bits per heavy atom. The van der Waals surface area contributed by atoms with Crippen LogP contribution >= 0.6 is 0 Å². The first-order valence-corrected chi connectivity index (χ1v) is 14.1. The summed E-state index contributed by atoms with van der Waals surface area (Å²) in [5, 5.41) is 16.2. The predicted molar refractivity (Wildman–Crippen MR) is 148 cm³/mol. The van der Waals surface area contributed by atoms with E-state index in [1.165, 1.54) is 18.4 Å². The lowest BCUT2D eigenvalue weighted by molar-refractivity contribution is 0.111. The molecular weight excluding hydrogens is 464 g/mol. The molecule has 0 bridgehead atoms. The van der Waals surface area contributed by atoms with Crippen molar-refractivity contribution in [1.82, 2.24) is 24.3 Å². The van der Waals surface area contributed by atoms with Crippen LogP contribution in [0, 0.1) is 5.41 Å². The van der Waals surface area contributed by atoms with Gasteiger partial charge in [0.25, 0.3) is 5.56 Å². The minimum Gasteiger partial charge on any atom is -0.393 e. The molecule has 0 unspecified atom stereocenters. The summed E-state index contributed by atoms with van der Waals surface area (Å²) in [7, 11) is 2.17. The molecule has 3 heterocycles. The number of fused-ring (bicyclic) bond motifs is 3. The Kier molecular flexibility index (Phi) is 6.67. The molecule has 8 heteroatoms. The molecule has 1 aliphatic heterocycles. The summed E-state index contributed by atoms with van der Waals surface area (Å²) in [6, 6.07) is 6.38. The van der Waals surface area contributed by atoms with E-state index in [4.69, 9.17) is 4.98 Å². The smallest absolute Gasteiger partial charge is 0.260 e. The normalized spacial score (nSPS) is 24.5. The van der Waals surface area contributed by atoms with Crippen LogP contribution < -0.4 is 10.9 Å². The van der Waals surface area contributed by atoms with Gasteiger partial charge in [-0.3, -0.25) is 14.3 Å². The lowest BCUT2D eigenvalue weighted by atomic mass is 9.92. The van der Waals surface area contributed by atoms with Crippen molar-refractivity contribution in [3.05, 3.63) is 40.3 Å². The largest absolute Gasteiger partial charge is 0.393 e. The minimum absolute atomic E-state index is 0.0287. The molecule has 2 aromatic heterocycles. The molecule has 6 rings (SSSR count). The fourth-order valence-electron chi connectivity index (χ4n) is 6.18. The molecule has 8 nitrogen and oxygen atoms in total. The number of likely N-dealkylation sites (N-methyl/N-ethyl adjacent to an activating group) is 1. The van der Waals surface area contributed by atoms with Crippen molar-refractivity contribution in [3.63, 3.8) is 0 Å². The maximum Gasteiger partial charge on any atom is 0.260 e. The van der Waals surface area contributed by atoms with Crippen LogP contribution in [0.15, 0.2) is 29.2 Å². The van der Waals surface area contributed by atoms with Crippen LogP contribution in [0.4, 0.5) is 5.95 Å². The molecule has 2 aliphatic carbocycles. The molecule has 1 saturated heterocycles. The van der Waals surface area contributed by atoms with Crippen LogP contribution in [0.5, 0.6) is 0 Å². The Morgan fingerprint density at radius 1 is 1.05 bits per heavy atom. The highest BCUT2D eigenvalue weighted by molar-refractivity contribution is 6.04. The molecule has 0 spiro atoms. The summed E-state index contributed by atoms with van der Waals surface area (Å²) in [6.45, 7) is 8.22. The maximum absolute atomic E-state index is 14.1. The first-order chi connectivity index (χ1) is 17.9. The van der Waals surface area contributed by atoms with Crippen LogP contribution in [0.2, 0.25) is 0 Å². The van der Waals surface area contributed by atoms with Gasteiger partial charge >= 0.3 is 0 Å². The lowest BCUT2D eigenvalue weighted by Crippen LogP contribution is -2.43. The fraction of sp³-hybridized carbons (Fsp3) is 0.621. The zero-order chi connectivity index (χ0) is 25.6. The Morgan fingerprint density at radius 3 is 2.51 bits per heavy atom. The lowest BCUT2D eigenvalue weighted by Gasteiger charge is -2.32. The molecule has 0 radical (unpaired) electrons. The van der Waals surface area contributed by atoms with Gasteiger partial charge in [-0.2, -0.15) is 4.98 Å². The number of anilines is 1. The second kappa shape index (κ2) is 9.97. The molecule has 2 N–H and O–H groups in total. The average molecular weight is 505 g/mol. The van der Waals surface area contributed by atoms with Gasteiger partial charge in [0, 0.05) is 62.3 Å². The van der Waals surface area contributed by atoms with E-state index in [9.17, 15) is 9.90 Å². The van der Waals surface area contributed by atoms with E-state index in [2.05, 4.69) is 52.3 Å². The highest BCUT2D eigenvalue weighted by Gasteiger charge is 2.40. The van der Waals surface area contributed by atoms with Gasteiger partial charge < -0.3 is 15.3 Å². The summed E-state index contributed by atoms with van der Waals surface area (Å²) in [4.78, 5) is 28.5. The van der Waals surface area contributed by atoms with Crippen molar-refractivity contribution in [3.8, 4) is 0 Å². The number of aliphatic hydroxyl groups is 1. The standard InChI is InChI=1S/C29H40N6O2/c1-3-29(10-11-29)19-31-28-30-17-25-23-9-4-20(18-34-14-12-33(2)13-15-34)16-24(23)27(37)35(26(25)32-28)21-5-7-22(36)8-6-21/h4,9,16-17,21-22,36H,3,5-8,10-15,18-19H2,1-2H3,(H,30,31,32)/t21-,22-. The van der Waals surface area contributed by atoms with Gasteiger partial charge in [0.15, 0.2) is 0 Å². The van der Waals surface area contributed by atoms with E-state index in [1.807, 2.05) is 10.8 Å². The van der Waals surface area contributed by atoms with Crippen molar-refractivity contribution >= 4 is 27.8 Å². The summed E-state index contributed by atoms with van der Waals surface area (Å²) in [5.41, 5.74) is 2.29. The Bertz CT molecular complexity index is 1330. The second-order valence-corrected chi connectivity index (χ2v) is 11.7. The first kappa shape index (κ1) is 24.8. The topological polar surface area (TPSA) is 86.5 Å². The van der Waals surface area contributed by atoms with Crippen LogP contribution in [0.3, 0.4) is 0 Å². The Balaban J connectivity index is 1.40. The number of aromatic nitrogens is 3. The summed E-state index contributed by atoms with van der Waals surface area (Å²) in [5.74, 6) is 0.599. The quantitative estimate of drug-likeness (QED) is 0.474. The van der Waals surface area contributed by atoms with E-state index in [-0.39, 0.29) is 17.7 Å². The Hall–Kier alpha value is -2.55. The highest BCUT2D eigenvalue weighted by Crippen LogP contribution is 2.48. The molecule has 0 atom stereocenters. The van der Waals surface area contributed by atoms with E-state index in [0.717, 1.165) is 87.5 Å². The van der Waals surface area contributed by atoms with Gasteiger partial charge in [-0.1, -0.05) is 19.1 Å². The van der Waals surface area contributed by atoms with Gasteiger partial charge in [0.1, 0.15) is 5.65 Å². The highest BCUT2D eigenvalue weighted by atomic mass is 16.3. The maximum atomic E-state index is 14.1. The SMILES string of the molecule is CCC1(CNc2ncc3c4ccc(CN5CCN(C)CC5)cc4c(=O)n([C@H]4CC[C@H](O)CC4)c3n2)CC1. The van der Waals surface area contributed by atoms with Gasteiger partial charge in [-0.05, 0) is 74.4 Å². The number of hydrogen-bond acceptors (Lipinski definition) is 7. The molecule has 3 aliphatic rings. The molecule has 3 aromatic rings. The van der Waals surface area contributed by atoms with Gasteiger partial charge in [0.05, 0.1) is 6.10 Å². The predicted octanol–water partition coefficient (Wildman–Crippen LogP) is 3.77. The summed E-state index contributed by atoms with van der Waals surface area (Å²) in [6.07, 6.45) is 8.29. The van der Waals surface area contributed by atoms with Crippen LogP contribution in [0.25, 0.3) is 21.8 Å². The van der Waals surface area contributed by atoms with E-state index >= 15 is 0 Å². The third-order valence-electron chi connectivity index (χ3n) is 9.18. The zero-order valence-corrected chi connectivity index (χ0v) is 22.2. The van der Waals surface area contributed by atoms with Gasteiger partial charge in [0.2, 0.25) is 5.95 Å². The minimum atomic E-state index is -0.274. The summed E-state index contributed by atoms with van der Waals surface area (Å²) < 4.78 is 1.92. The van der Waals surface area contributed by atoms with E-state index < -0.39 is 0 Å². The number of pyridine rings is 1. The van der Waals surface area contributed by atoms with Crippen molar-refractivity contribution in [2.75, 3.05) is 45.1 Å². The first-order valence-electron chi connectivity index (χ1n) is 14.1. The number of hydrogen-bond donors (Lipinski definition) is 2. The van der Waals surface area contributed by atoms with Crippen LogP contribution in [-0.2, 0) is 6.54 Å². The van der Waals surface area contributed by atoms with Gasteiger partial charge in [-0.15, -0.1) is 0 Å². The number of nitrogens with one attached hydrogen (secondary N) is 1. The van der Waals surface area contributed by atoms with Crippen LogP contribution in [0.1, 0.15) is 63.5 Å². The number of benzene rings is 1. The van der Waals surface area contributed by atoms with Gasteiger partial charge in [-0.25, -0.2) is 4.98 Å². The van der Waals surface area contributed by atoms with E-state index in [1.54, 1.807) is 0 Å². The fourth-order valence-corrected chi connectivity index (χ4v) is 6.18. The van der Waals surface area contributed by atoms with Crippen molar-refractivity contribution in [2.45, 2.75) is 70.6 Å². The third-order valence-corrected chi connectivity index (χ3v) is 9.18. The molecule has 0 amide bonds. The average Bonchev–Trinajstić information content (AvgIpc) is 3.70. The molecule has 198 valence electrons. The monoisotopic (exact) mass is 504 g/mol. The van der Waals surface area contributed by atoms with Crippen molar-refractivity contribution in [1.29, 1.82) is 0 Å². The number of rotatable bonds is 7. The van der Waals surface area contributed by atoms with Crippen LogP contribution in [-0.4, -0.2) is 75.3 Å².